The lowest BCUT2D eigenvalue weighted by atomic mass is 10.2. The van der Waals surface area contributed by atoms with Crippen molar-refractivity contribution in [3.8, 4) is 0 Å². The van der Waals surface area contributed by atoms with Crippen molar-refractivity contribution >= 4 is 11.9 Å². The van der Waals surface area contributed by atoms with Gasteiger partial charge in [0.15, 0.2) is 0 Å². The van der Waals surface area contributed by atoms with Crippen molar-refractivity contribution in [2.24, 2.45) is 0 Å². The number of rotatable bonds is 4. The minimum absolute atomic E-state index is 0.0162. The van der Waals surface area contributed by atoms with E-state index in [9.17, 15) is 9.59 Å². The normalized spacial score (nSPS) is 27.1. The molecule has 0 aromatic rings. The molecule has 2 N–H and O–H groups in total. The number of fused-ring (bicyclic) bond motifs is 1. The first-order valence-electron chi connectivity index (χ1n) is 6.79. The molecule has 2 heterocycles. The van der Waals surface area contributed by atoms with Crippen LogP contribution in [-0.4, -0.2) is 66.5 Å². The summed E-state index contributed by atoms with van der Waals surface area (Å²) in [6.45, 7) is 3.47. The molecule has 0 aromatic heterocycles. The highest BCUT2D eigenvalue weighted by Crippen LogP contribution is 2.18. The third-order valence-electron chi connectivity index (χ3n) is 3.93. The fraction of sp³-hybridized carbons (Fsp3) is 0.833. The lowest BCUT2D eigenvalue weighted by Crippen LogP contribution is -2.54. The molecule has 3 rings (SSSR count). The van der Waals surface area contributed by atoms with Gasteiger partial charge in [-0.2, -0.15) is 0 Å². The lowest BCUT2D eigenvalue weighted by Gasteiger charge is -2.36. The van der Waals surface area contributed by atoms with Gasteiger partial charge in [-0.05, 0) is 12.8 Å². The van der Waals surface area contributed by atoms with Gasteiger partial charge in [-0.15, -0.1) is 0 Å². The van der Waals surface area contributed by atoms with Crippen LogP contribution in [0.4, 0.5) is 4.79 Å². The average molecular weight is 252 g/mol. The third-order valence-corrected chi connectivity index (χ3v) is 3.93. The number of nitrogens with one attached hydrogen (secondary N) is 2. The van der Waals surface area contributed by atoms with Crippen LogP contribution >= 0.6 is 0 Å². The van der Waals surface area contributed by atoms with E-state index in [-0.39, 0.29) is 18.0 Å². The fourth-order valence-electron chi connectivity index (χ4n) is 2.66. The van der Waals surface area contributed by atoms with E-state index in [0.717, 1.165) is 6.54 Å². The molecular formula is C12H20N4O2. The van der Waals surface area contributed by atoms with Crippen LogP contribution in [0.25, 0.3) is 0 Å². The van der Waals surface area contributed by atoms with Crippen molar-refractivity contribution in [3.63, 3.8) is 0 Å². The highest BCUT2D eigenvalue weighted by atomic mass is 16.2. The molecule has 1 atom stereocenters. The Morgan fingerprint density at radius 1 is 1.39 bits per heavy atom. The predicted molar refractivity (Wildman–Crippen MR) is 66.1 cm³/mol. The molecule has 2 aliphatic heterocycles. The zero-order chi connectivity index (χ0) is 12.5. The number of urea groups is 1. The highest BCUT2D eigenvalue weighted by Gasteiger charge is 2.36. The number of amides is 3. The van der Waals surface area contributed by atoms with Gasteiger partial charge < -0.3 is 20.4 Å². The van der Waals surface area contributed by atoms with Crippen LogP contribution in [0.15, 0.2) is 0 Å². The Bertz CT molecular complexity index is 356. The van der Waals surface area contributed by atoms with E-state index in [2.05, 4.69) is 10.6 Å². The lowest BCUT2D eigenvalue weighted by molar-refractivity contribution is -0.133. The Hall–Kier alpha value is -1.30. The Morgan fingerprint density at radius 3 is 3.00 bits per heavy atom. The maximum absolute atomic E-state index is 12.0. The van der Waals surface area contributed by atoms with Gasteiger partial charge in [0.2, 0.25) is 5.91 Å². The molecule has 6 nitrogen and oxygen atoms in total. The molecule has 2 saturated heterocycles. The second-order valence-corrected chi connectivity index (χ2v) is 5.35. The molecule has 0 spiro atoms. The second-order valence-electron chi connectivity index (χ2n) is 5.35. The van der Waals surface area contributed by atoms with Crippen LogP contribution in [0.1, 0.15) is 19.3 Å². The quantitative estimate of drug-likeness (QED) is 0.700. The zero-order valence-corrected chi connectivity index (χ0v) is 10.5. The van der Waals surface area contributed by atoms with E-state index in [0.29, 0.717) is 38.6 Å². The fourth-order valence-corrected chi connectivity index (χ4v) is 2.66. The molecule has 6 heteroatoms. The Morgan fingerprint density at radius 2 is 2.22 bits per heavy atom. The van der Waals surface area contributed by atoms with E-state index in [1.165, 1.54) is 12.8 Å². The first-order valence-corrected chi connectivity index (χ1v) is 6.79. The Labute approximate surface area is 107 Å². The zero-order valence-electron chi connectivity index (χ0n) is 10.5. The summed E-state index contributed by atoms with van der Waals surface area (Å²) >= 11 is 0. The van der Waals surface area contributed by atoms with E-state index >= 15 is 0 Å². The number of carbonyl (C=O) groups excluding carboxylic acids is 2. The minimum Gasteiger partial charge on any atom is -0.339 e. The molecule has 0 aromatic carbocycles. The number of piperazine rings is 1. The predicted octanol–water partition coefficient (Wildman–Crippen LogP) is -0.635. The molecule has 3 amide bonds. The average Bonchev–Trinajstić information content (AvgIpc) is 3.13. The molecule has 0 radical (unpaired) electrons. The minimum atomic E-state index is 0.0162. The van der Waals surface area contributed by atoms with Gasteiger partial charge in [-0.25, -0.2) is 4.79 Å². The third kappa shape index (κ3) is 2.43. The van der Waals surface area contributed by atoms with E-state index in [4.69, 9.17) is 0 Å². The Kier molecular flexibility index (Phi) is 3.11. The van der Waals surface area contributed by atoms with Gasteiger partial charge in [-0.3, -0.25) is 4.79 Å². The molecular weight excluding hydrogens is 232 g/mol. The first-order chi connectivity index (χ1) is 8.74. The highest BCUT2D eigenvalue weighted by molar-refractivity contribution is 5.79. The summed E-state index contributed by atoms with van der Waals surface area (Å²) in [7, 11) is 0. The van der Waals surface area contributed by atoms with Crippen LogP contribution in [0.5, 0.6) is 0 Å². The van der Waals surface area contributed by atoms with Crippen molar-refractivity contribution < 1.29 is 9.59 Å². The molecule has 18 heavy (non-hydrogen) atoms. The van der Waals surface area contributed by atoms with Crippen LogP contribution < -0.4 is 10.6 Å². The summed E-state index contributed by atoms with van der Waals surface area (Å²) in [5.74, 6) is 0.210. The van der Waals surface area contributed by atoms with Crippen LogP contribution in [0, 0.1) is 0 Å². The molecule has 3 fully saturated rings. The molecule has 0 bridgehead atoms. The molecule has 1 aliphatic carbocycles. The molecule has 1 saturated carbocycles. The summed E-state index contributed by atoms with van der Waals surface area (Å²) in [6, 6.07) is 0.848. The van der Waals surface area contributed by atoms with Crippen LogP contribution in [0.3, 0.4) is 0 Å². The monoisotopic (exact) mass is 252 g/mol. The van der Waals surface area contributed by atoms with Gasteiger partial charge in [0.25, 0.3) is 0 Å². The summed E-state index contributed by atoms with van der Waals surface area (Å²) in [4.78, 5) is 27.2. The van der Waals surface area contributed by atoms with Crippen molar-refractivity contribution in [1.82, 2.24) is 20.4 Å². The standard InChI is InChI=1S/C12H20N4O2/c17-11(3-4-13-9-1-2-9)15-5-6-16-10(8-15)7-14-12(16)18/h9-10,13H,1-8H2,(H,14,18). The number of hydrogen-bond acceptors (Lipinski definition) is 3. The van der Waals surface area contributed by atoms with Crippen molar-refractivity contribution in [3.05, 3.63) is 0 Å². The molecule has 3 aliphatic rings. The van der Waals surface area contributed by atoms with Crippen molar-refractivity contribution in [1.29, 1.82) is 0 Å². The molecule has 100 valence electrons. The van der Waals surface area contributed by atoms with E-state index in [1.807, 2.05) is 9.80 Å². The Balaban J connectivity index is 1.45. The first kappa shape index (κ1) is 11.8. The van der Waals surface area contributed by atoms with Crippen LogP contribution in [0.2, 0.25) is 0 Å². The number of carbonyl (C=O) groups is 2. The SMILES string of the molecule is O=C(CCNC1CC1)N1CCN2C(=O)NCC2C1. The largest absolute Gasteiger partial charge is 0.339 e. The van der Waals surface area contributed by atoms with Gasteiger partial charge in [-0.1, -0.05) is 0 Å². The maximum atomic E-state index is 12.0. The van der Waals surface area contributed by atoms with Gasteiger partial charge in [0, 0.05) is 45.2 Å². The van der Waals surface area contributed by atoms with Crippen LogP contribution in [-0.2, 0) is 4.79 Å². The smallest absolute Gasteiger partial charge is 0.317 e. The summed E-state index contributed by atoms with van der Waals surface area (Å²) in [5, 5.41) is 6.18. The number of hydrogen-bond donors (Lipinski definition) is 2. The van der Waals surface area contributed by atoms with E-state index < -0.39 is 0 Å². The van der Waals surface area contributed by atoms with Gasteiger partial charge >= 0.3 is 6.03 Å². The van der Waals surface area contributed by atoms with Crippen molar-refractivity contribution in [2.75, 3.05) is 32.7 Å². The molecule has 1 unspecified atom stereocenters. The van der Waals surface area contributed by atoms with E-state index in [1.54, 1.807) is 0 Å². The van der Waals surface area contributed by atoms with Crippen molar-refractivity contribution in [2.45, 2.75) is 31.3 Å². The van der Waals surface area contributed by atoms with Gasteiger partial charge in [0.1, 0.15) is 0 Å². The topological polar surface area (TPSA) is 64.7 Å². The maximum Gasteiger partial charge on any atom is 0.317 e. The summed E-state index contributed by atoms with van der Waals surface area (Å²) < 4.78 is 0. The summed E-state index contributed by atoms with van der Waals surface area (Å²) in [6.07, 6.45) is 3.08. The second kappa shape index (κ2) is 4.76. The number of nitrogens with zero attached hydrogens (tertiary/aromatic N) is 2. The van der Waals surface area contributed by atoms with Gasteiger partial charge in [0.05, 0.1) is 6.04 Å². The summed E-state index contributed by atoms with van der Waals surface area (Å²) in [5.41, 5.74) is 0.